The number of fused-ring (bicyclic) bond motifs is 1. The molecular formula is C20H12F5N3O5S2. The number of anilines is 1. The summed E-state index contributed by atoms with van der Waals surface area (Å²) in [4.78, 5) is 11.1. The summed E-state index contributed by atoms with van der Waals surface area (Å²) in [7, 11) is -3.37. The van der Waals surface area contributed by atoms with Gasteiger partial charge in [0.1, 0.15) is 28.5 Å². The van der Waals surface area contributed by atoms with Gasteiger partial charge in [0.2, 0.25) is 0 Å². The van der Waals surface area contributed by atoms with Gasteiger partial charge in [0.05, 0.1) is 23.2 Å². The third-order valence-corrected chi connectivity index (χ3v) is 6.75. The summed E-state index contributed by atoms with van der Waals surface area (Å²) in [5.74, 6) is -3.08. The van der Waals surface area contributed by atoms with Gasteiger partial charge in [-0.15, -0.1) is 0 Å². The molecular weight excluding hydrogens is 521 g/mol. The summed E-state index contributed by atoms with van der Waals surface area (Å²) in [6, 6.07) is 6.45. The Kier molecular flexibility index (Phi) is 6.23. The maximum atomic E-state index is 15.0. The average molecular weight is 533 g/mol. The molecule has 0 atom stereocenters. The molecule has 2 aromatic heterocycles. The summed E-state index contributed by atoms with van der Waals surface area (Å²) in [5, 5.41) is 3.43. The van der Waals surface area contributed by atoms with Crippen LogP contribution in [0.4, 0.5) is 27.8 Å². The Morgan fingerprint density at radius 3 is 2.46 bits per heavy atom. The van der Waals surface area contributed by atoms with Crippen molar-refractivity contribution < 1.29 is 39.6 Å². The lowest BCUT2D eigenvalue weighted by Gasteiger charge is -2.17. The van der Waals surface area contributed by atoms with Gasteiger partial charge >= 0.3 is 5.51 Å². The van der Waals surface area contributed by atoms with Crippen molar-refractivity contribution in [2.75, 3.05) is 11.8 Å². The topological polar surface area (TPSA) is 103 Å². The van der Waals surface area contributed by atoms with Gasteiger partial charge in [0.25, 0.3) is 15.6 Å². The van der Waals surface area contributed by atoms with Gasteiger partial charge in [0, 0.05) is 29.7 Å². The number of hydrogen-bond donors (Lipinski definition) is 1. The molecule has 4 rings (SSSR count). The predicted molar refractivity (Wildman–Crippen MR) is 115 cm³/mol. The fourth-order valence-electron chi connectivity index (χ4n) is 3.22. The van der Waals surface area contributed by atoms with Crippen LogP contribution < -0.4 is 15.0 Å². The van der Waals surface area contributed by atoms with E-state index in [1.165, 1.54) is 12.1 Å². The number of halogens is 5. The van der Waals surface area contributed by atoms with Crippen molar-refractivity contribution in [2.45, 2.75) is 15.3 Å². The molecule has 0 spiro atoms. The number of ether oxygens (including phenoxy) is 1. The number of sulfonamides is 1. The van der Waals surface area contributed by atoms with E-state index in [0.717, 1.165) is 42.2 Å². The SMILES string of the molecule is COc1cc(SC(F)(F)F)c(F)cc1-n1c(=O)ccc2cc(S(=O)(=O)Nc3ccon3)c(F)cc21. The number of aromatic nitrogens is 2. The summed E-state index contributed by atoms with van der Waals surface area (Å²) >= 11 is -0.711. The van der Waals surface area contributed by atoms with Gasteiger partial charge in [-0.05, 0) is 30.0 Å². The third-order valence-electron chi connectivity index (χ3n) is 4.61. The Bertz CT molecular complexity index is 1590. The maximum Gasteiger partial charge on any atom is 0.446 e. The molecule has 0 fully saturated rings. The maximum absolute atomic E-state index is 15.0. The van der Waals surface area contributed by atoms with Gasteiger partial charge < -0.3 is 9.26 Å². The van der Waals surface area contributed by atoms with E-state index in [4.69, 9.17) is 4.74 Å². The average Bonchev–Trinajstić information content (AvgIpc) is 3.26. The fraction of sp³-hybridized carbons (Fsp3) is 0.100. The molecule has 15 heteroatoms. The number of nitrogens with zero attached hydrogens (tertiary/aromatic N) is 2. The molecule has 0 radical (unpaired) electrons. The normalized spacial score (nSPS) is 12.2. The first-order valence-electron chi connectivity index (χ1n) is 9.32. The van der Waals surface area contributed by atoms with Crippen LogP contribution in [0.1, 0.15) is 0 Å². The van der Waals surface area contributed by atoms with Gasteiger partial charge in [0.15, 0.2) is 5.82 Å². The molecule has 8 nitrogen and oxygen atoms in total. The van der Waals surface area contributed by atoms with Gasteiger partial charge in [-0.1, -0.05) is 5.16 Å². The smallest absolute Gasteiger partial charge is 0.446 e. The molecule has 0 bridgehead atoms. The number of rotatable bonds is 6. The number of nitrogens with one attached hydrogen (secondary N) is 1. The first-order valence-corrected chi connectivity index (χ1v) is 11.6. The number of alkyl halides is 3. The summed E-state index contributed by atoms with van der Waals surface area (Å²) in [6.07, 6.45) is 1.10. The van der Waals surface area contributed by atoms with E-state index in [2.05, 4.69) is 9.68 Å². The van der Waals surface area contributed by atoms with Crippen LogP contribution in [0, 0.1) is 11.6 Å². The molecule has 35 heavy (non-hydrogen) atoms. The minimum Gasteiger partial charge on any atom is -0.495 e. The van der Waals surface area contributed by atoms with Crippen LogP contribution in [0.15, 0.2) is 67.8 Å². The zero-order valence-electron chi connectivity index (χ0n) is 17.3. The van der Waals surface area contributed by atoms with Crippen LogP contribution in [-0.4, -0.2) is 30.8 Å². The molecule has 1 N–H and O–H groups in total. The van der Waals surface area contributed by atoms with E-state index < -0.39 is 54.3 Å². The first-order chi connectivity index (χ1) is 16.4. The molecule has 4 aromatic rings. The van der Waals surface area contributed by atoms with Gasteiger partial charge in [-0.25, -0.2) is 17.2 Å². The molecule has 2 aromatic carbocycles. The molecule has 0 unspecified atom stereocenters. The predicted octanol–water partition coefficient (Wildman–Crippen LogP) is 4.68. The van der Waals surface area contributed by atoms with Crippen LogP contribution >= 0.6 is 11.8 Å². The van der Waals surface area contributed by atoms with E-state index in [1.807, 2.05) is 4.72 Å². The molecule has 0 aliphatic rings. The molecule has 0 saturated heterocycles. The molecule has 184 valence electrons. The number of pyridine rings is 1. The standard InChI is InChI=1S/C20H12F5N3O5S2/c1-32-15-9-16(34-20(23,24)25)11(21)7-14(15)28-13-8-12(22)17(6-10(13)2-3-19(28)29)35(30,31)27-18-4-5-33-26-18/h2-9H,1H3,(H,26,27). The van der Waals surface area contributed by atoms with E-state index in [9.17, 15) is 35.2 Å². The van der Waals surface area contributed by atoms with Crippen molar-refractivity contribution in [2.24, 2.45) is 0 Å². The quantitative estimate of drug-likeness (QED) is 0.284. The van der Waals surface area contributed by atoms with Gasteiger partial charge in [-0.3, -0.25) is 14.1 Å². The number of thioether (sulfide) groups is 1. The largest absolute Gasteiger partial charge is 0.495 e. The van der Waals surface area contributed by atoms with E-state index >= 15 is 0 Å². The van der Waals surface area contributed by atoms with E-state index in [1.54, 1.807) is 0 Å². The molecule has 0 aliphatic heterocycles. The second kappa shape index (κ2) is 8.88. The van der Waals surface area contributed by atoms with Crippen molar-refractivity contribution in [3.05, 3.63) is 70.7 Å². The summed E-state index contributed by atoms with van der Waals surface area (Å²) in [5.41, 5.74) is -6.09. The van der Waals surface area contributed by atoms with Crippen molar-refractivity contribution in [1.82, 2.24) is 9.72 Å². The monoisotopic (exact) mass is 533 g/mol. The zero-order chi connectivity index (χ0) is 25.5. The lowest BCUT2D eigenvalue weighted by Crippen LogP contribution is -2.20. The van der Waals surface area contributed by atoms with Crippen molar-refractivity contribution in [3.8, 4) is 11.4 Å². The Morgan fingerprint density at radius 1 is 1.09 bits per heavy atom. The van der Waals surface area contributed by atoms with Crippen LogP contribution in [0.25, 0.3) is 16.6 Å². The highest BCUT2D eigenvalue weighted by Gasteiger charge is 2.32. The number of hydrogen-bond acceptors (Lipinski definition) is 7. The molecule has 0 aliphatic carbocycles. The van der Waals surface area contributed by atoms with Crippen LogP contribution in [-0.2, 0) is 10.0 Å². The first kappa shape index (κ1) is 24.5. The third kappa shape index (κ3) is 4.95. The minimum atomic E-state index is -4.78. The Labute approximate surface area is 197 Å². The Balaban J connectivity index is 1.90. The second-order valence-electron chi connectivity index (χ2n) is 6.84. The second-order valence-corrected chi connectivity index (χ2v) is 9.60. The summed E-state index contributed by atoms with van der Waals surface area (Å²) < 4.78 is 105. The lowest BCUT2D eigenvalue weighted by molar-refractivity contribution is -0.0329. The van der Waals surface area contributed by atoms with Crippen molar-refractivity contribution in [1.29, 1.82) is 0 Å². The summed E-state index contributed by atoms with van der Waals surface area (Å²) in [6.45, 7) is 0. The van der Waals surface area contributed by atoms with Crippen LogP contribution in [0.3, 0.4) is 0 Å². The van der Waals surface area contributed by atoms with Gasteiger partial charge in [-0.2, -0.15) is 13.2 Å². The highest BCUT2D eigenvalue weighted by molar-refractivity contribution is 8.00. The van der Waals surface area contributed by atoms with E-state index in [-0.39, 0.29) is 28.2 Å². The Morgan fingerprint density at radius 2 is 1.83 bits per heavy atom. The molecule has 0 saturated carbocycles. The lowest BCUT2D eigenvalue weighted by atomic mass is 10.2. The highest BCUT2D eigenvalue weighted by atomic mass is 32.2. The number of methoxy groups -OCH3 is 1. The van der Waals surface area contributed by atoms with Crippen LogP contribution in [0.5, 0.6) is 5.75 Å². The highest BCUT2D eigenvalue weighted by Crippen LogP contribution is 2.41. The van der Waals surface area contributed by atoms with Crippen molar-refractivity contribution in [3.63, 3.8) is 0 Å². The van der Waals surface area contributed by atoms with E-state index in [0.29, 0.717) is 6.07 Å². The minimum absolute atomic E-state index is 0.0442. The Hall–Kier alpha value is -3.59. The number of benzene rings is 2. The molecule has 2 heterocycles. The van der Waals surface area contributed by atoms with Crippen molar-refractivity contribution >= 4 is 38.5 Å². The zero-order valence-corrected chi connectivity index (χ0v) is 18.9. The van der Waals surface area contributed by atoms with Crippen LogP contribution in [0.2, 0.25) is 0 Å². The fourth-order valence-corrected chi connectivity index (χ4v) is 4.88. The molecule has 0 amide bonds.